The minimum atomic E-state index is -3.41. The number of nitrogens with one attached hydrogen (secondary N) is 1. The molecule has 2 N–H and O–H groups in total. The van der Waals surface area contributed by atoms with Gasteiger partial charge in [0.2, 0.25) is 10.0 Å². The lowest BCUT2D eigenvalue weighted by atomic mass is 10.1. The quantitative estimate of drug-likeness (QED) is 0.758. The van der Waals surface area contributed by atoms with E-state index in [1.165, 1.54) is 19.0 Å². The van der Waals surface area contributed by atoms with Crippen molar-refractivity contribution < 1.29 is 18.3 Å². The number of hydrogen-bond acceptors (Lipinski definition) is 5. The maximum absolute atomic E-state index is 12.5. The van der Waals surface area contributed by atoms with Crippen molar-refractivity contribution in [1.82, 2.24) is 19.4 Å². The molecule has 1 saturated heterocycles. The number of amides is 1. The molecule has 2 heterocycles. The molecule has 128 valence electrons. The molecular weight excluding hydrogens is 320 g/mol. The van der Waals surface area contributed by atoms with E-state index >= 15 is 0 Å². The van der Waals surface area contributed by atoms with Gasteiger partial charge in [-0.25, -0.2) is 12.7 Å². The summed E-state index contributed by atoms with van der Waals surface area (Å²) in [5.41, 5.74) is 1.30. The van der Waals surface area contributed by atoms with Crippen LogP contribution in [0, 0.1) is 5.92 Å². The molecule has 1 amide bonds. The minimum Gasteiger partial charge on any atom is -0.391 e. The number of sulfonamides is 1. The molecule has 0 bridgehead atoms. The summed E-state index contributed by atoms with van der Waals surface area (Å²) >= 11 is 0. The first-order valence-corrected chi connectivity index (χ1v) is 9.31. The smallest absolute Gasteiger partial charge is 0.274 e. The lowest BCUT2D eigenvalue weighted by molar-refractivity contribution is 0.0759. The van der Waals surface area contributed by atoms with E-state index in [0.29, 0.717) is 11.6 Å². The van der Waals surface area contributed by atoms with Gasteiger partial charge in [-0.15, -0.1) is 0 Å². The maximum Gasteiger partial charge on any atom is 0.274 e. The Morgan fingerprint density at radius 1 is 1.43 bits per heavy atom. The molecular formula is C14H22N4O4S. The number of carbonyl (C=O) groups excluding carboxylic acids is 1. The highest BCUT2D eigenvalue weighted by Gasteiger charge is 2.38. The number of H-pyrrole nitrogens is 1. The van der Waals surface area contributed by atoms with Crippen LogP contribution in [0.4, 0.5) is 0 Å². The second-order valence-corrected chi connectivity index (χ2v) is 8.81. The molecule has 0 unspecified atom stereocenters. The standard InChI is InChI=1S/C14H22N4O4S/c1-17(2)23(21,22)8-10-6-18(7-13(10)19)14(20)12-5-11(15-16-12)9-3-4-9/h5,9-10,13,19H,3-4,6-8H2,1-2H3,(H,15,16)/t10-,13+/m0/s1. The van der Waals surface area contributed by atoms with Crippen LogP contribution in [0.25, 0.3) is 0 Å². The number of likely N-dealkylation sites (tertiary alicyclic amines) is 1. The van der Waals surface area contributed by atoms with Crippen molar-refractivity contribution in [3.63, 3.8) is 0 Å². The number of hydrogen-bond donors (Lipinski definition) is 2. The van der Waals surface area contributed by atoms with Crippen molar-refractivity contribution in [1.29, 1.82) is 0 Å². The summed E-state index contributed by atoms with van der Waals surface area (Å²) < 4.78 is 25.1. The molecule has 0 radical (unpaired) electrons. The zero-order chi connectivity index (χ0) is 16.8. The predicted octanol–water partition coefficient (Wildman–Crippen LogP) is -0.389. The van der Waals surface area contributed by atoms with E-state index in [-0.39, 0.29) is 24.7 Å². The zero-order valence-corrected chi connectivity index (χ0v) is 14.1. The Hall–Kier alpha value is -1.45. The van der Waals surface area contributed by atoms with Gasteiger partial charge in [0.25, 0.3) is 5.91 Å². The lowest BCUT2D eigenvalue weighted by Gasteiger charge is -2.17. The highest BCUT2D eigenvalue weighted by molar-refractivity contribution is 7.89. The molecule has 1 saturated carbocycles. The fourth-order valence-electron chi connectivity index (χ4n) is 2.82. The second kappa shape index (κ2) is 5.88. The van der Waals surface area contributed by atoms with E-state index < -0.39 is 22.0 Å². The van der Waals surface area contributed by atoms with Crippen LogP contribution in [-0.4, -0.2) is 77.9 Å². The largest absolute Gasteiger partial charge is 0.391 e. The van der Waals surface area contributed by atoms with Crippen LogP contribution in [0.2, 0.25) is 0 Å². The van der Waals surface area contributed by atoms with Gasteiger partial charge in [-0.1, -0.05) is 0 Å². The maximum atomic E-state index is 12.5. The molecule has 2 aliphatic rings. The van der Waals surface area contributed by atoms with E-state index in [1.54, 1.807) is 6.07 Å². The molecule has 2 fully saturated rings. The number of aliphatic hydroxyl groups excluding tert-OH is 1. The van der Waals surface area contributed by atoms with Crippen molar-refractivity contribution in [2.75, 3.05) is 32.9 Å². The van der Waals surface area contributed by atoms with Gasteiger partial charge in [-0.05, 0) is 18.9 Å². The van der Waals surface area contributed by atoms with Gasteiger partial charge in [-0.3, -0.25) is 9.89 Å². The van der Waals surface area contributed by atoms with E-state index in [4.69, 9.17) is 0 Å². The van der Waals surface area contributed by atoms with E-state index in [1.807, 2.05) is 0 Å². The second-order valence-electron chi connectivity index (χ2n) is 6.58. The molecule has 1 aliphatic heterocycles. The Morgan fingerprint density at radius 2 is 2.13 bits per heavy atom. The Morgan fingerprint density at radius 3 is 2.74 bits per heavy atom. The van der Waals surface area contributed by atoms with E-state index in [9.17, 15) is 18.3 Å². The molecule has 1 aliphatic carbocycles. The fraction of sp³-hybridized carbons (Fsp3) is 0.714. The number of aromatic amines is 1. The molecule has 0 spiro atoms. The number of rotatable bonds is 5. The van der Waals surface area contributed by atoms with Gasteiger partial charge in [0.15, 0.2) is 0 Å². The monoisotopic (exact) mass is 342 g/mol. The number of aliphatic hydroxyl groups is 1. The molecule has 1 aromatic rings. The van der Waals surface area contributed by atoms with E-state index in [0.717, 1.165) is 22.8 Å². The third-order valence-electron chi connectivity index (χ3n) is 4.51. The number of aromatic nitrogens is 2. The summed E-state index contributed by atoms with van der Waals surface area (Å²) in [6.07, 6.45) is 1.39. The third kappa shape index (κ3) is 3.41. The van der Waals surface area contributed by atoms with E-state index in [2.05, 4.69) is 10.2 Å². The fourth-order valence-corrected chi connectivity index (χ4v) is 3.98. The molecule has 2 atom stereocenters. The summed E-state index contributed by atoms with van der Waals surface area (Å²) in [5, 5.41) is 17.0. The van der Waals surface area contributed by atoms with Crippen molar-refractivity contribution in [2.45, 2.75) is 24.9 Å². The Labute approximate surface area is 135 Å². The van der Waals surface area contributed by atoms with Crippen LogP contribution in [-0.2, 0) is 10.0 Å². The molecule has 23 heavy (non-hydrogen) atoms. The Balaban J connectivity index is 1.66. The first-order valence-electron chi connectivity index (χ1n) is 7.71. The molecule has 1 aromatic heterocycles. The SMILES string of the molecule is CN(C)S(=O)(=O)C[C@@H]1CN(C(=O)c2cc(C3CC3)[nH]n2)C[C@H]1O. The van der Waals surface area contributed by atoms with Gasteiger partial charge in [0.05, 0.1) is 11.9 Å². The van der Waals surface area contributed by atoms with Crippen molar-refractivity contribution >= 4 is 15.9 Å². The first-order chi connectivity index (χ1) is 10.8. The van der Waals surface area contributed by atoms with Crippen LogP contribution in [0.3, 0.4) is 0 Å². The lowest BCUT2D eigenvalue weighted by Crippen LogP contribution is -2.33. The summed E-state index contributed by atoms with van der Waals surface area (Å²) in [6, 6.07) is 1.76. The summed E-state index contributed by atoms with van der Waals surface area (Å²) in [6.45, 7) is 0.358. The van der Waals surface area contributed by atoms with Crippen LogP contribution >= 0.6 is 0 Å². The number of β-amino-alcohol motifs (C(OH)–C–C–N with tert-alkyl or cyclic N) is 1. The highest BCUT2D eigenvalue weighted by atomic mass is 32.2. The molecule has 0 aromatic carbocycles. The van der Waals surface area contributed by atoms with Gasteiger partial charge >= 0.3 is 0 Å². The van der Waals surface area contributed by atoms with Gasteiger partial charge in [0.1, 0.15) is 5.69 Å². The van der Waals surface area contributed by atoms with Gasteiger partial charge in [-0.2, -0.15) is 5.10 Å². The van der Waals surface area contributed by atoms with Gasteiger partial charge < -0.3 is 10.0 Å². The minimum absolute atomic E-state index is 0.137. The van der Waals surface area contributed by atoms with Crippen LogP contribution in [0.1, 0.15) is 34.9 Å². The normalized spacial score (nSPS) is 25.3. The molecule has 8 nitrogen and oxygen atoms in total. The topological polar surface area (TPSA) is 107 Å². The summed E-state index contributed by atoms with van der Waals surface area (Å²) in [7, 11) is -0.492. The zero-order valence-electron chi connectivity index (χ0n) is 13.3. The average molecular weight is 342 g/mol. The van der Waals surface area contributed by atoms with Gasteiger partial charge in [0, 0.05) is 44.7 Å². The summed E-state index contributed by atoms with van der Waals surface area (Å²) in [5.74, 6) is -0.435. The average Bonchev–Trinajstić information content (AvgIpc) is 3.10. The van der Waals surface area contributed by atoms with Crippen molar-refractivity contribution in [3.05, 3.63) is 17.5 Å². The highest BCUT2D eigenvalue weighted by Crippen LogP contribution is 2.39. The van der Waals surface area contributed by atoms with Crippen LogP contribution in [0.15, 0.2) is 6.07 Å². The van der Waals surface area contributed by atoms with Crippen molar-refractivity contribution in [2.24, 2.45) is 5.92 Å². The van der Waals surface area contributed by atoms with Crippen molar-refractivity contribution in [3.8, 4) is 0 Å². The Bertz CT molecular complexity index is 695. The number of nitrogens with zero attached hydrogens (tertiary/aromatic N) is 3. The number of carbonyl (C=O) groups is 1. The Kier molecular flexibility index (Phi) is 4.19. The molecule has 9 heteroatoms. The predicted molar refractivity (Wildman–Crippen MR) is 83.4 cm³/mol. The first kappa shape index (κ1) is 16.4. The third-order valence-corrected chi connectivity index (χ3v) is 6.47. The van der Waals surface area contributed by atoms with Crippen LogP contribution < -0.4 is 0 Å². The van der Waals surface area contributed by atoms with Crippen LogP contribution in [0.5, 0.6) is 0 Å². The molecule has 3 rings (SSSR count). The summed E-state index contributed by atoms with van der Waals surface area (Å²) in [4.78, 5) is 13.9.